The highest BCUT2D eigenvalue weighted by Gasteiger charge is 2.45. The van der Waals surface area contributed by atoms with E-state index in [2.05, 4.69) is 4.74 Å². The van der Waals surface area contributed by atoms with Crippen molar-refractivity contribution < 1.29 is 32.2 Å². The summed E-state index contributed by atoms with van der Waals surface area (Å²) in [6.07, 6.45) is 2.45. The summed E-state index contributed by atoms with van der Waals surface area (Å²) in [5.74, 6) is -1.15. The Hall–Kier alpha value is -2.12. The third-order valence-electron chi connectivity index (χ3n) is 4.72. The van der Waals surface area contributed by atoms with Crippen LogP contribution in [0.5, 0.6) is 11.5 Å². The molecule has 2 aliphatic rings. The first kappa shape index (κ1) is 19.6. The van der Waals surface area contributed by atoms with Gasteiger partial charge in [-0.1, -0.05) is 0 Å². The Kier molecular flexibility index (Phi) is 5.44. The van der Waals surface area contributed by atoms with Crippen molar-refractivity contribution in [2.24, 2.45) is 0 Å². The molecule has 0 aromatic heterocycles. The number of rotatable bonds is 4. The lowest BCUT2D eigenvalue weighted by molar-refractivity contribution is -0.0523. The van der Waals surface area contributed by atoms with Crippen LogP contribution in [0.1, 0.15) is 46.5 Å². The van der Waals surface area contributed by atoms with Crippen LogP contribution in [0.4, 0.5) is 18.0 Å². The van der Waals surface area contributed by atoms with Crippen LogP contribution in [0.25, 0.3) is 0 Å². The number of hydrogen-bond acceptors (Lipinski definition) is 4. The van der Waals surface area contributed by atoms with Crippen molar-refractivity contribution in [3.63, 3.8) is 0 Å². The van der Waals surface area contributed by atoms with Gasteiger partial charge in [-0.25, -0.2) is 9.18 Å². The zero-order valence-corrected chi connectivity index (χ0v) is 15.6. The third-order valence-corrected chi connectivity index (χ3v) is 4.72. The topological polar surface area (TPSA) is 48.0 Å². The number of carbonyl (C=O) groups is 1. The molecule has 2 aliphatic heterocycles. The molecule has 2 bridgehead atoms. The third kappa shape index (κ3) is 4.78. The van der Waals surface area contributed by atoms with E-state index in [1.54, 1.807) is 4.90 Å². The smallest absolute Gasteiger partial charge is 0.410 e. The molecule has 8 heteroatoms. The van der Waals surface area contributed by atoms with Crippen molar-refractivity contribution in [1.82, 2.24) is 4.90 Å². The standard InChI is InChI=1S/C19H24F3NO4/c1-19(2,3)27-18(24)23-11-4-5-12(23)9-14(8-11)25-13-6-7-15(20)16(10-13)26-17(21)22/h6-7,10-12,14,17H,4-5,8-9H2,1-3H3/t11-,12+,14?. The number of piperidine rings is 1. The Morgan fingerprint density at radius 2 is 1.81 bits per heavy atom. The molecule has 5 nitrogen and oxygen atoms in total. The van der Waals surface area contributed by atoms with Crippen LogP contribution in [0.15, 0.2) is 18.2 Å². The minimum atomic E-state index is -3.11. The molecule has 2 heterocycles. The second kappa shape index (κ2) is 7.48. The van der Waals surface area contributed by atoms with Crippen molar-refractivity contribution in [1.29, 1.82) is 0 Å². The first-order valence-corrected chi connectivity index (χ1v) is 9.04. The SMILES string of the molecule is CC(C)(C)OC(=O)N1[C@@H]2CC[C@H]1CC(Oc1ccc(F)c(OC(F)F)c1)C2. The maximum atomic E-state index is 13.5. The van der Waals surface area contributed by atoms with Crippen LogP contribution in [0, 0.1) is 5.82 Å². The molecule has 0 saturated carbocycles. The van der Waals surface area contributed by atoms with Gasteiger partial charge in [0.2, 0.25) is 0 Å². The van der Waals surface area contributed by atoms with Gasteiger partial charge in [0.05, 0.1) is 0 Å². The predicted octanol–water partition coefficient (Wildman–Crippen LogP) is 4.74. The van der Waals surface area contributed by atoms with Crippen LogP contribution >= 0.6 is 0 Å². The Bertz CT molecular complexity index is 678. The van der Waals surface area contributed by atoms with E-state index in [9.17, 15) is 18.0 Å². The van der Waals surface area contributed by atoms with Crippen LogP contribution in [0.3, 0.4) is 0 Å². The molecule has 2 saturated heterocycles. The summed E-state index contributed by atoms with van der Waals surface area (Å²) in [5, 5.41) is 0. The molecule has 0 N–H and O–H groups in total. The van der Waals surface area contributed by atoms with E-state index in [0.29, 0.717) is 12.8 Å². The average molecular weight is 387 g/mol. The van der Waals surface area contributed by atoms with Gasteiger partial charge in [-0.05, 0) is 45.7 Å². The van der Waals surface area contributed by atoms with E-state index in [-0.39, 0.29) is 30.0 Å². The minimum absolute atomic E-state index is 0.0147. The number of ether oxygens (including phenoxy) is 3. The maximum absolute atomic E-state index is 13.5. The molecule has 150 valence electrons. The molecular formula is C19H24F3NO4. The summed E-state index contributed by atoms with van der Waals surface area (Å²) in [4.78, 5) is 14.3. The lowest BCUT2D eigenvalue weighted by Gasteiger charge is -2.39. The molecular weight excluding hydrogens is 363 g/mol. The fraction of sp³-hybridized carbons (Fsp3) is 0.632. The monoisotopic (exact) mass is 387 g/mol. The Morgan fingerprint density at radius 1 is 1.19 bits per heavy atom. The van der Waals surface area contributed by atoms with E-state index in [1.165, 1.54) is 6.07 Å². The van der Waals surface area contributed by atoms with Gasteiger partial charge in [0.1, 0.15) is 17.5 Å². The number of fused-ring (bicyclic) bond motifs is 2. The van der Waals surface area contributed by atoms with E-state index < -0.39 is 23.8 Å². The molecule has 1 unspecified atom stereocenters. The van der Waals surface area contributed by atoms with E-state index in [4.69, 9.17) is 9.47 Å². The van der Waals surface area contributed by atoms with Crippen molar-refractivity contribution in [3.8, 4) is 11.5 Å². The highest BCUT2D eigenvalue weighted by atomic mass is 19.3. The van der Waals surface area contributed by atoms with Gasteiger partial charge >= 0.3 is 12.7 Å². The lowest BCUT2D eigenvalue weighted by Crippen LogP contribution is -2.50. The number of benzene rings is 1. The molecule has 1 aromatic carbocycles. The van der Waals surface area contributed by atoms with E-state index in [1.807, 2.05) is 20.8 Å². The van der Waals surface area contributed by atoms with Crippen LogP contribution in [-0.2, 0) is 4.74 Å². The average Bonchev–Trinajstić information content (AvgIpc) is 2.80. The van der Waals surface area contributed by atoms with Crippen molar-refractivity contribution in [3.05, 3.63) is 24.0 Å². The van der Waals surface area contributed by atoms with Gasteiger partial charge in [-0.2, -0.15) is 8.78 Å². The number of halogens is 3. The second-order valence-electron chi connectivity index (χ2n) is 7.95. The lowest BCUT2D eigenvalue weighted by atomic mass is 10.00. The molecule has 3 atom stereocenters. The van der Waals surface area contributed by atoms with Gasteiger partial charge in [0.25, 0.3) is 0 Å². The number of hydrogen-bond donors (Lipinski definition) is 0. The van der Waals surface area contributed by atoms with E-state index >= 15 is 0 Å². The normalized spacial score (nSPS) is 24.9. The van der Waals surface area contributed by atoms with Gasteiger partial charge < -0.3 is 19.1 Å². The molecule has 0 spiro atoms. The van der Waals surface area contributed by atoms with Crippen LogP contribution < -0.4 is 9.47 Å². The summed E-state index contributed by atoms with van der Waals surface area (Å²) in [6.45, 7) is 2.38. The van der Waals surface area contributed by atoms with Crippen LogP contribution in [-0.4, -0.2) is 41.4 Å². The minimum Gasteiger partial charge on any atom is -0.490 e. The Labute approximate surface area is 156 Å². The fourth-order valence-corrected chi connectivity index (χ4v) is 3.77. The molecule has 1 amide bonds. The van der Waals surface area contributed by atoms with E-state index in [0.717, 1.165) is 25.0 Å². The largest absolute Gasteiger partial charge is 0.490 e. The van der Waals surface area contributed by atoms with Crippen molar-refractivity contribution >= 4 is 6.09 Å². The summed E-state index contributed by atoms with van der Waals surface area (Å²) >= 11 is 0. The molecule has 0 radical (unpaired) electrons. The Morgan fingerprint density at radius 3 is 2.37 bits per heavy atom. The summed E-state index contributed by atoms with van der Waals surface area (Å²) < 4.78 is 53.8. The highest BCUT2D eigenvalue weighted by molar-refractivity contribution is 5.69. The maximum Gasteiger partial charge on any atom is 0.410 e. The number of alkyl halides is 2. The fourth-order valence-electron chi connectivity index (χ4n) is 3.77. The molecule has 27 heavy (non-hydrogen) atoms. The van der Waals surface area contributed by atoms with Gasteiger partial charge in [0.15, 0.2) is 11.6 Å². The quantitative estimate of drug-likeness (QED) is 0.749. The zero-order valence-electron chi connectivity index (χ0n) is 15.6. The van der Waals surface area contributed by atoms with Crippen molar-refractivity contribution in [2.75, 3.05) is 0 Å². The van der Waals surface area contributed by atoms with Crippen LogP contribution in [0.2, 0.25) is 0 Å². The number of amides is 1. The first-order valence-electron chi connectivity index (χ1n) is 9.04. The van der Waals surface area contributed by atoms with Gasteiger partial charge in [-0.3, -0.25) is 0 Å². The molecule has 2 fully saturated rings. The number of nitrogens with zero attached hydrogens (tertiary/aromatic N) is 1. The highest BCUT2D eigenvalue weighted by Crippen LogP contribution is 2.38. The predicted molar refractivity (Wildman–Crippen MR) is 91.6 cm³/mol. The second-order valence-corrected chi connectivity index (χ2v) is 7.95. The summed E-state index contributed by atoms with van der Waals surface area (Å²) in [7, 11) is 0. The van der Waals surface area contributed by atoms with Crippen molar-refractivity contribution in [2.45, 2.75) is 76.9 Å². The molecule has 1 aromatic rings. The zero-order chi connectivity index (χ0) is 19.8. The molecule has 3 rings (SSSR count). The summed E-state index contributed by atoms with van der Waals surface area (Å²) in [6, 6.07) is 3.58. The first-order chi connectivity index (χ1) is 12.6. The van der Waals surface area contributed by atoms with Gasteiger partial charge in [0, 0.05) is 31.0 Å². The number of carbonyl (C=O) groups excluding carboxylic acids is 1. The molecule has 0 aliphatic carbocycles. The Balaban J connectivity index is 1.64. The van der Waals surface area contributed by atoms with Gasteiger partial charge in [-0.15, -0.1) is 0 Å². The summed E-state index contributed by atoms with van der Waals surface area (Å²) in [5.41, 5.74) is -0.556.